The van der Waals surface area contributed by atoms with Gasteiger partial charge in [-0.15, -0.1) is 6.58 Å². The second-order valence-corrected chi connectivity index (χ2v) is 2.85. The van der Waals surface area contributed by atoms with Crippen molar-refractivity contribution in [2.75, 3.05) is 11.9 Å². The highest BCUT2D eigenvalue weighted by Crippen LogP contribution is 2.13. The third kappa shape index (κ3) is 2.34. The molecule has 0 saturated carbocycles. The largest absolute Gasteiger partial charge is 0.364 e. The minimum atomic E-state index is 0.394. The zero-order valence-electron chi connectivity index (χ0n) is 6.42. The van der Waals surface area contributed by atoms with Gasteiger partial charge in [0, 0.05) is 18.3 Å². The van der Waals surface area contributed by atoms with E-state index in [0.717, 1.165) is 0 Å². The lowest BCUT2D eigenvalue weighted by Crippen LogP contribution is -2.12. The summed E-state index contributed by atoms with van der Waals surface area (Å²) in [6, 6.07) is 0. The van der Waals surface area contributed by atoms with Crippen LogP contribution in [-0.2, 0) is 0 Å². The summed E-state index contributed by atoms with van der Waals surface area (Å²) in [4.78, 5) is 7.98. The second kappa shape index (κ2) is 4.26. The molecule has 0 aliphatic rings. The van der Waals surface area contributed by atoms with Gasteiger partial charge in [0.1, 0.15) is 12.4 Å². The fourth-order valence-electron chi connectivity index (χ4n) is 0.667. The molecule has 0 aliphatic heterocycles. The van der Waals surface area contributed by atoms with Gasteiger partial charge in [-0.2, -0.15) is 0 Å². The molecule has 0 bridgehead atoms. The van der Waals surface area contributed by atoms with Crippen molar-refractivity contribution in [3.63, 3.8) is 0 Å². The lowest BCUT2D eigenvalue weighted by Gasteiger charge is -2.04. The fourth-order valence-corrected chi connectivity index (χ4v) is 1.11. The molecule has 0 atom stereocenters. The Morgan fingerprint density at radius 3 is 3.08 bits per heavy atom. The van der Waals surface area contributed by atoms with Gasteiger partial charge < -0.3 is 5.32 Å². The molecule has 5 heteroatoms. The standard InChI is InChI=1S/C7H7BBrN3/c1-2-3-10-7-6(9)12-5(8)4-11-7/h2,4H,1,3H2,(H,10,11). The summed E-state index contributed by atoms with van der Waals surface area (Å²) in [5.74, 6) is 0.670. The molecule has 1 aromatic heterocycles. The average Bonchev–Trinajstić information content (AvgIpc) is 2.03. The molecule has 3 nitrogen and oxygen atoms in total. The van der Waals surface area contributed by atoms with E-state index in [2.05, 4.69) is 37.8 Å². The van der Waals surface area contributed by atoms with E-state index in [0.29, 0.717) is 22.6 Å². The topological polar surface area (TPSA) is 37.8 Å². The van der Waals surface area contributed by atoms with E-state index in [1.807, 2.05) is 0 Å². The van der Waals surface area contributed by atoms with Crippen LogP contribution < -0.4 is 10.9 Å². The summed E-state index contributed by atoms with van der Waals surface area (Å²) in [7, 11) is 5.40. The first-order valence-electron chi connectivity index (χ1n) is 3.37. The van der Waals surface area contributed by atoms with E-state index in [-0.39, 0.29) is 0 Å². The molecule has 12 heavy (non-hydrogen) atoms. The Hall–Kier alpha value is -0.835. The fraction of sp³-hybridized carbons (Fsp3) is 0.143. The molecule has 1 N–H and O–H groups in total. The molecule has 0 fully saturated rings. The molecule has 1 rings (SSSR count). The van der Waals surface area contributed by atoms with Gasteiger partial charge in [-0.1, -0.05) is 6.08 Å². The summed E-state index contributed by atoms with van der Waals surface area (Å²) in [6.45, 7) is 4.22. The maximum atomic E-state index is 5.40. The molecule has 0 spiro atoms. The van der Waals surface area contributed by atoms with Crippen molar-refractivity contribution in [2.24, 2.45) is 0 Å². The Bertz CT molecular complexity index is 290. The Labute approximate surface area is 80.8 Å². The van der Waals surface area contributed by atoms with Crippen molar-refractivity contribution in [1.82, 2.24) is 9.97 Å². The Morgan fingerprint density at radius 2 is 2.50 bits per heavy atom. The van der Waals surface area contributed by atoms with Crippen molar-refractivity contribution < 1.29 is 0 Å². The van der Waals surface area contributed by atoms with E-state index in [4.69, 9.17) is 7.85 Å². The Balaban J connectivity index is 2.78. The van der Waals surface area contributed by atoms with Crippen LogP contribution >= 0.6 is 15.9 Å². The van der Waals surface area contributed by atoms with Gasteiger partial charge in [0.05, 0.1) is 0 Å². The number of rotatable bonds is 3. The number of hydrogen-bond acceptors (Lipinski definition) is 3. The molecular weight excluding hydrogens is 217 g/mol. The SMILES string of the molecule is [B]c1cnc(NCC=C)c(Br)n1. The van der Waals surface area contributed by atoms with Crippen molar-refractivity contribution in [1.29, 1.82) is 0 Å². The van der Waals surface area contributed by atoms with E-state index in [1.54, 1.807) is 6.08 Å². The normalized spacial score (nSPS) is 9.42. The lowest BCUT2D eigenvalue weighted by molar-refractivity contribution is 1.16. The van der Waals surface area contributed by atoms with Gasteiger partial charge in [-0.3, -0.25) is 4.98 Å². The van der Waals surface area contributed by atoms with Crippen LogP contribution in [0.1, 0.15) is 0 Å². The van der Waals surface area contributed by atoms with Crippen molar-refractivity contribution in [2.45, 2.75) is 0 Å². The maximum Gasteiger partial charge on any atom is 0.159 e. The lowest BCUT2D eigenvalue weighted by atomic mass is 10.1. The van der Waals surface area contributed by atoms with Gasteiger partial charge >= 0.3 is 0 Å². The van der Waals surface area contributed by atoms with Crippen LogP contribution in [0.3, 0.4) is 0 Å². The van der Waals surface area contributed by atoms with Crippen LogP contribution in [0.4, 0.5) is 5.82 Å². The average molecular weight is 224 g/mol. The molecule has 0 amide bonds. The third-order valence-corrected chi connectivity index (χ3v) is 1.72. The minimum absolute atomic E-state index is 0.394. The summed E-state index contributed by atoms with van der Waals surface area (Å²) >= 11 is 3.23. The molecule has 1 heterocycles. The number of nitrogens with one attached hydrogen (secondary N) is 1. The summed E-state index contributed by atoms with van der Waals surface area (Å²) in [5.41, 5.74) is 0.394. The van der Waals surface area contributed by atoms with Crippen LogP contribution in [0, 0.1) is 0 Å². The smallest absolute Gasteiger partial charge is 0.159 e. The second-order valence-electron chi connectivity index (χ2n) is 2.10. The zero-order chi connectivity index (χ0) is 8.97. The minimum Gasteiger partial charge on any atom is -0.364 e. The molecular formula is C7H7BBrN3. The van der Waals surface area contributed by atoms with Crippen LogP contribution in [0.15, 0.2) is 23.5 Å². The molecule has 0 aromatic carbocycles. The zero-order valence-corrected chi connectivity index (χ0v) is 8.00. The highest BCUT2D eigenvalue weighted by molar-refractivity contribution is 9.10. The first kappa shape index (κ1) is 9.25. The van der Waals surface area contributed by atoms with E-state index in [1.165, 1.54) is 6.20 Å². The van der Waals surface area contributed by atoms with E-state index < -0.39 is 0 Å². The highest BCUT2D eigenvalue weighted by atomic mass is 79.9. The molecule has 0 unspecified atom stereocenters. The number of halogens is 1. The molecule has 0 saturated heterocycles. The highest BCUT2D eigenvalue weighted by Gasteiger charge is 1.99. The van der Waals surface area contributed by atoms with Crippen LogP contribution in [0.5, 0.6) is 0 Å². The quantitative estimate of drug-likeness (QED) is 0.604. The summed E-state index contributed by atoms with van der Waals surface area (Å²) in [5, 5.41) is 3.00. The van der Waals surface area contributed by atoms with Gasteiger partial charge in [-0.05, 0) is 15.9 Å². The third-order valence-electron chi connectivity index (χ3n) is 1.16. The molecule has 0 aliphatic carbocycles. The number of aromatic nitrogens is 2. The van der Waals surface area contributed by atoms with E-state index >= 15 is 0 Å². The Morgan fingerprint density at radius 1 is 1.75 bits per heavy atom. The molecule has 1 aromatic rings. The molecule has 2 radical (unpaired) electrons. The van der Waals surface area contributed by atoms with Crippen LogP contribution in [-0.4, -0.2) is 24.4 Å². The number of hydrogen-bond donors (Lipinski definition) is 1. The monoisotopic (exact) mass is 223 g/mol. The first-order chi connectivity index (χ1) is 5.74. The van der Waals surface area contributed by atoms with Crippen molar-refractivity contribution in [3.05, 3.63) is 23.5 Å². The summed E-state index contributed by atoms with van der Waals surface area (Å²) < 4.78 is 0.615. The van der Waals surface area contributed by atoms with Crippen LogP contribution in [0.25, 0.3) is 0 Å². The predicted molar refractivity (Wildman–Crippen MR) is 53.8 cm³/mol. The molecule has 60 valence electrons. The van der Waals surface area contributed by atoms with Gasteiger partial charge in [0.2, 0.25) is 0 Å². The van der Waals surface area contributed by atoms with Crippen molar-refractivity contribution >= 4 is 35.2 Å². The van der Waals surface area contributed by atoms with Gasteiger partial charge in [0.15, 0.2) is 5.82 Å². The number of anilines is 1. The predicted octanol–water partition coefficient (Wildman–Crippen LogP) is 0.631. The van der Waals surface area contributed by atoms with Crippen molar-refractivity contribution in [3.8, 4) is 0 Å². The van der Waals surface area contributed by atoms with Crippen LogP contribution in [0.2, 0.25) is 0 Å². The maximum absolute atomic E-state index is 5.40. The Kier molecular flexibility index (Phi) is 3.28. The van der Waals surface area contributed by atoms with E-state index in [9.17, 15) is 0 Å². The first-order valence-corrected chi connectivity index (χ1v) is 4.16. The number of nitrogens with zero attached hydrogens (tertiary/aromatic N) is 2. The van der Waals surface area contributed by atoms with Gasteiger partial charge in [0.25, 0.3) is 0 Å². The van der Waals surface area contributed by atoms with Gasteiger partial charge in [-0.25, -0.2) is 4.98 Å². The summed E-state index contributed by atoms with van der Waals surface area (Å²) in [6.07, 6.45) is 3.24.